The molecule has 0 bridgehead atoms. The summed E-state index contributed by atoms with van der Waals surface area (Å²) in [5.41, 5.74) is 5.57. The van der Waals surface area contributed by atoms with Crippen molar-refractivity contribution in [2.24, 2.45) is 5.92 Å². The van der Waals surface area contributed by atoms with Gasteiger partial charge >= 0.3 is 5.69 Å². The Morgan fingerprint density at radius 2 is 1.97 bits per heavy atom. The third-order valence-corrected chi connectivity index (χ3v) is 6.89. The van der Waals surface area contributed by atoms with E-state index in [-0.39, 0.29) is 11.8 Å². The summed E-state index contributed by atoms with van der Waals surface area (Å²) in [4.78, 5) is 28.2. The van der Waals surface area contributed by atoms with Crippen LogP contribution in [0.3, 0.4) is 0 Å². The average molecular weight is 480 g/mol. The molecule has 2 N–H and O–H groups in total. The second kappa shape index (κ2) is 9.06. The van der Waals surface area contributed by atoms with E-state index in [1.807, 2.05) is 18.2 Å². The highest BCUT2D eigenvalue weighted by atomic mass is 16.3. The Hall–Kier alpha value is -4.29. The van der Waals surface area contributed by atoms with Crippen LogP contribution in [0.4, 0.5) is 0 Å². The van der Waals surface area contributed by atoms with E-state index in [4.69, 9.17) is 5.26 Å². The van der Waals surface area contributed by atoms with Gasteiger partial charge in [-0.1, -0.05) is 24.3 Å². The Kier molecular flexibility index (Phi) is 5.58. The molecule has 9 nitrogen and oxygen atoms in total. The third kappa shape index (κ3) is 4.16. The first-order chi connectivity index (χ1) is 17.6. The molecule has 1 fully saturated rings. The lowest BCUT2D eigenvalue weighted by Gasteiger charge is -2.20. The highest BCUT2D eigenvalue weighted by Crippen LogP contribution is 2.31. The molecule has 1 atom stereocenters. The number of hydrogen-bond donors (Lipinski definition) is 2. The van der Waals surface area contributed by atoms with Gasteiger partial charge in [0.25, 0.3) is 0 Å². The van der Waals surface area contributed by atoms with Crippen LogP contribution in [0.1, 0.15) is 48.5 Å². The number of imidazole rings is 2. The van der Waals surface area contributed by atoms with E-state index >= 15 is 0 Å². The van der Waals surface area contributed by atoms with Gasteiger partial charge in [-0.2, -0.15) is 10.2 Å². The summed E-state index contributed by atoms with van der Waals surface area (Å²) in [7, 11) is 0. The number of fused-ring (bicyclic) bond motifs is 3. The summed E-state index contributed by atoms with van der Waals surface area (Å²) in [5, 5.41) is 18.7. The SMILES string of the molecule is N#Cc1ccc2ncn(-c3ncc4c(n3)[nH]c(=O)n4CC3CC3)c2c1.O[C@@H]1CCCc2ccccc21. The minimum absolute atomic E-state index is 0.157. The number of rotatable bonds is 3. The largest absolute Gasteiger partial charge is 0.388 e. The molecule has 2 aromatic carbocycles. The Morgan fingerprint density at radius 3 is 2.78 bits per heavy atom. The summed E-state index contributed by atoms with van der Waals surface area (Å²) in [6.45, 7) is 0.709. The van der Waals surface area contributed by atoms with Crippen LogP contribution in [0, 0.1) is 17.2 Å². The lowest BCUT2D eigenvalue weighted by molar-refractivity contribution is 0.156. The van der Waals surface area contributed by atoms with E-state index in [0.29, 0.717) is 35.1 Å². The summed E-state index contributed by atoms with van der Waals surface area (Å²) in [5.74, 6) is 0.989. The highest BCUT2D eigenvalue weighted by Gasteiger charge is 2.24. The lowest BCUT2D eigenvalue weighted by atomic mass is 9.90. The molecule has 1 saturated carbocycles. The zero-order valence-corrected chi connectivity index (χ0v) is 19.6. The molecule has 3 aromatic heterocycles. The van der Waals surface area contributed by atoms with Gasteiger partial charge in [-0.25, -0.2) is 14.8 Å². The van der Waals surface area contributed by atoms with Gasteiger partial charge < -0.3 is 5.11 Å². The fourth-order valence-corrected chi connectivity index (χ4v) is 4.75. The number of nitriles is 1. The molecule has 7 rings (SSSR count). The first kappa shape index (κ1) is 22.2. The average Bonchev–Trinajstić information content (AvgIpc) is 3.55. The highest BCUT2D eigenvalue weighted by molar-refractivity contribution is 5.79. The second-order valence-corrected chi connectivity index (χ2v) is 9.42. The summed E-state index contributed by atoms with van der Waals surface area (Å²) in [6.07, 6.45) is 8.59. The molecule has 0 amide bonds. The van der Waals surface area contributed by atoms with Crippen molar-refractivity contribution in [3.63, 3.8) is 0 Å². The van der Waals surface area contributed by atoms with Gasteiger partial charge in [-0.15, -0.1) is 0 Å². The zero-order chi connectivity index (χ0) is 24.6. The van der Waals surface area contributed by atoms with Gasteiger partial charge in [-0.05, 0) is 67.3 Å². The van der Waals surface area contributed by atoms with E-state index in [9.17, 15) is 9.90 Å². The molecule has 0 aliphatic heterocycles. The van der Waals surface area contributed by atoms with Gasteiger partial charge in [0, 0.05) is 6.54 Å². The number of aryl methyl sites for hydroxylation is 1. The third-order valence-electron chi connectivity index (χ3n) is 6.89. The van der Waals surface area contributed by atoms with Crippen LogP contribution in [-0.4, -0.2) is 34.2 Å². The van der Waals surface area contributed by atoms with Gasteiger partial charge in [0.2, 0.25) is 5.95 Å². The van der Waals surface area contributed by atoms with Crippen LogP contribution in [0.5, 0.6) is 0 Å². The Balaban J connectivity index is 0.000000183. The first-order valence-electron chi connectivity index (χ1n) is 12.2. The molecular formula is C27H25N7O2. The minimum Gasteiger partial charge on any atom is -0.388 e. The number of hydrogen-bond acceptors (Lipinski definition) is 6. The van der Waals surface area contributed by atoms with E-state index in [1.54, 1.807) is 39.9 Å². The molecule has 2 aliphatic rings. The number of benzene rings is 2. The zero-order valence-electron chi connectivity index (χ0n) is 19.6. The number of nitrogens with zero attached hydrogens (tertiary/aromatic N) is 6. The Bertz CT molecular complexity index is 1670. The van der Waals surface area contributed by atoms with Crippen LogP contribution < -0.4 is 5.69 Å². The molecule has 2 aliphatic carbocycles. The van der Waals surface area contributed by atoms with Crippen molar-refractivity contribution in [2.45, 2.75) is 44.8 Å². The summed E-state index contributed by atoms with van der Waals surface area (Å²) in [6, 6.07) is 15.5. The molecule has 9 heteroatoms. The van der Waals surface area contributed by atoms with Gasteiger partial charge in [0.1, 0.15) is 11.8 Å². The van der Waals surface area contributed by atoms with Crippen molar-refractivity contribution in [1.29, 1.82) is 5.26 Å². The Morgan fingerprint density at radius 1 is 1.11 bits per heavy atom. The van der Waals surface area contributed by atoms with E-state index in [2.05, 4.69) is 32.1 Å². The van der Waals surface area contributed by atoms with Gasteiger partial charge in [-0.3, -0.25) is 14.1 Å². The van der Waals surface area contributed by atoms with Crippen LogP contribution in [-0.2, 0) is 13.0 Å². The minimum atomic E-state index is -0.208. The first-order valence-corrected chi connectivity index (χ1v) is 12.2. The molecule has 5 aromatic rings. The second-order valence-electron chi connectivity index (χ2n) is 9.42. The van der Waals surface area contributed by atoms with Crippen molar-refractivity contribution >= 4 is 22.2 Å². The fourth-order valence-electron chi connectivity index (χ4n) is 4.75. The number of aliphatic hydroxyl groups is 1. The lowest BCUT2D eigenvalue weighted by Crippen LogP contribution is -2.17. The number of aromatic amines is 1. The topological polar surface area (TPSA) is 125 Å². The van der Waals surface area contributed by atoms with Crippen molar-refractivity contribution < 1.29 is 5.11 Å². The van der Waals surface area contributed by atoms with Crippen molar-refractivity contribution in [3.05, 3.63) is 82.2 Å². The monoisotopic (exact) mass is 479 g/mol. The summed E-state index contributed by atoms with van der Waals surface area (Å²) < 4.78 is 3.42. The molecule has 0 saturated heterocycles. The number of aliphatic hydroxyl groups excluding tert-OH is 1. The fraction of sp³-hybridized carbons (Fsp3) is 0.296. The van der Waals surface area contributed by atoms with E-state index in [1.165, 1.54) is 18.4 Å². The van der Waals surface area contributed by atoms with Crippen LogP contribution in [0.2, 0.25) is 0 Å². The summed E-state index contributed by atoms with van der Waals surface area (Å²) >= 11 is 0. The van der Waals surface area contributed by atoms with Crippen molar-refractivity contribution in [3.8, 4) is 12.0 Å². The maximum absolute atomic E-state index is 12.2. The smallest absolute Gasteiger partial charge is 0.327 e. The van der Waals surface area contributed by atoms with Crippen LogP contribution >= 0.6 is 0 Å². The maximum atomic E-state index is 12.2. The number of H-pyrrole nitrogens is 1. The predicted octanol–water partition coefficient (Wildman–Crippen LogP) is 3.80. The number of nitrogens with one attached hydrogen (secondary N) is 1. The molecular weight excluding hydrogens is 454 g/mol. The molecule has 0 unspecified atom stereocenters. The standard InChI is InChI=1S/C17H13N7O.C10H12O/c18-6-11-3-4-12-13(5-11)24(9-20-12)16-19-7-14-15(21-16)22-17(25)23(14)8-10-1-2-10;11-10-7-3-5-8-4-1-2-6-9(8)10/h3-5,7,9-10H,1-2,8H2,(H,19,21,22,25);1-2,4,6,10-11H,3,5,7H2/t;10-/m.1/s1. The predicted molar refractivity (Wildman–Crippen MR) is 135 cm³/mol. The van der Waals surface area contributed by atoms with E-state index < -0.39 is 0 Å². The molecule has 36 heavy (non-hydrogen) atoms. The maximum Gasteiger partial charge on any atom is 0.327 e. The molecule has 0 spiro atoms. The van der Waals surface area contributed by atoms with Crippen LogP contribution in [0.25, 0.3) is 28.1 Å². The molecule has 0 radical (unpaired) electrons. The van der Waals surface area contributed by atoms with Crippen molar-refractivity contribution in [1.82, 2.24) is 29.1 Å². The van der Waals surface area contributed by atoms with Gasteiger partial charge in [0.15, 0.2) is 5.65 Å². The van der Waals surface area contributed by atoms with Crippen LogP contribution in [0.15, 0.2) is 59.8 Å². The molecule has 3 heterocycles. The Labute approximate surface area is 206 Å². The van der Waals surface area contributed by atoms with Gasteiger partial charge in [0.05, 0.1) is 35.0 Å². The van der Waals surface area contributed by atoms with E-state index in [0.717, 1.165) is 35.9 Å². The number of aromatic nitrogens is 6. The molecule has 180 valence electrons. The normalized spacial score (nSPS) is 16.8. The van der Waals surface area contributed by atoms with Crippen molar-refractivity contribution in [2.75, 3.05) is 0 Å². The quantitative estimate of drug-likeness (QED) is 0.405.